The average Bonchev–Trinajstić information content (AvgIpc) is 3.50. The normalized spacial score (nSPS) is 16.7. The minimum Gasteiger partial charge on any atom is -0.508 e. The summed E-state index contributed by atoms with van der Waals surface area (Å²) >= 11 is 2.48. The molecule has 3 aromatic carbocycles. The lowest BCUT2D eigenvalue weighted by Gasteiger charge is -2.22. The number of ether oxygens (including phenoxy) is 1. The van der Waals surface area contributed by atoms with Gasteiger partial charge >= 0.3 is 5.91 Å². The molecule has 2 N–H and O–H groups in total. The number of thioether (sulfide) groups is 1. The van der Waals surface area contributed by atoms with E-state index in [1.807, 2.05) is 0 Å². The van der Waals surface area contributed by atoms with E-state index >= 15 is 0 Å². The molecule has 4 aromatic rings. The van der Waals surface area contributed by atoms with E-state index in [1.54, 1.807) is 48.5 Å². The number of benzene rings is 3. The van der Waals surface area contributed by atoms with Crippen LogP contribution in [0.1, 0.15) is 22.7 Å². The highest BCUT2D eigenvalue weighted by Crippen LogP contribution is 2.44. The molecule has 0 aliphatic carbocycles. The van der Waals surface area contributed by atoms with Gasteiger partial charge in [-0.2, -0.15) is 0 Å². The maximum atomic E-state index is 13.3. The number of hydrogen-bond donors (Lipinski definition) is 2. The second-order valence-electron chi connectivity index (χ2n) is 8.25. The number of hydrogen-bond acceptors (Lipinski definition) is 9. The number of Topliss-reactive ketones (excluding diaryl/α,β-unsaturated/α-hetero) is 1. The molecule has 0 radical (unpaired) electrons. The average molecular weight is 550 g/mol. The van der Waals surface area contributed by atoms with Gasteiger partial charge in [0.05, 0.1) is 18.7 Å². The first-order valence-electron chi connectivity index (χ1n) is 11.3. The van der Waals surface area contributed by atoms with Crippen LogP contribution in [-0.2, 0) is 15.3 Å². The van der Waals surface area contributed by atoms with Gasteiger partial charge in [-0.15, -0.1) is 10.2 Å². The van der Waals surface area contributed by atoms with Gasteiger partial charge in [0.2, 0.25) is 5.13 Å². The molecule has 5 rings (SSSR count). The van der Waals surface area contributed by atoms with E-state index in [1.165, 1.54) is 48.0 Å². The van der Waals surface area contributed by atoms with Crippen LogP contribution in [-0.4, -0.2) is 39.2 Å². The molecule has 38 heavy (non-hydrogen) atoms. The Morgan fingerprint density at radius 1 is 1.03 bits per heavy atom. The number of aliphatic hydroxyl groups excluding tert-OH is 1. The topological polar surface area (TPSA) is 113 Å². The van der Waals surface area contributed by atoms with Crippen molar-refractivity contribution in [2.75, 3.05) is 12.0 Å². The summed E-state index contributed by atoms with van der Waals surface area (Å²) in [5.41, 5.74) is 1.60. The summed E-state index contributed by atoms with van der Waals surface area (Å²) in [6, 6.07) is 17.6. The zero-order valence-corrected chi connectivity index (χ0v) is 21.5. The molecular formula is C27H20FN3O5S2. The Kier molecular flexibility index (Phi) is 7.12. The van der Waals surface area contributed by atoms with E-state index in [0.717, 1.165) is 16.9 Å². The summed E-state index contributed by atoms with van der Waals surface area (Å²) in [6.07, 6.45) is 0. The zero-order valence-electron chi connectivity index (χ0n) is 19.9. The number of halogens is 1. The van der Waals surface area contributed by atoms with Gasteiger partial charge in [-0.3, -0.25) is 14.5 Å². The van der Waals surface area contributed by atoms with Gasteiger partial charge in [-0.05, 0) is 59.7 Å². The van der Waals surface area contributed by atoms with Gasteiger partial charge in [-0.25, -0.2) is 4.39 Å². The lowest BCUT2D eigenvalue weighted by atomic mass is 9.95. The van der Waals surface area contributed by atoms with Gasteiger partial charge in [0.15, 0.2) is 4.34 Å². The number of ketones is 1. The number of methoxy groups -OCH3 is 1. The molecule has 192 valence electrons. The highest BCUT2D eigenvalue weighted by Gasteiger charge is 2.48. The van der Waals surface area contributed by atoms with Crippen LogP contribution in [0.2, 0.25) is 0 Å². The second-order valence-corrected chi connectivity index (χ2v) is 10.4. The van der Waals surface area contributed by atoms with Crippen molar-refractivity contribution in [3.63, 3.8) is 0 Å². The molecule has 1 aliphatic rings. The molecule has 1 saturated heterocycles. The number of carbonyl (C=O) groups is 2. The van der Waals surface area contributed by atoms with Crippen LogP contribution in [0.3, 0.4) is 0 Å². The number of aromatic nitrogens is 2. The Labute approximate surface area is 225 Å². The number of phenols is 1. The van der Waals surface area contributed by atoms with Gasteiger partial charge in [0.25, 0.3) is 5.78 Å². The molecule has 1 unspecified atom stereocenters. The van der Waals surface area contributed by atoms with Crippen molar-refractivity contribution in [3.8, 4) is 11.5 Å². The lowest BCUT2D eigenvalue weighted by molar-refractivity contribution is -0.132. The van der Waals surface area contributed by atoms with Crippen LogP contribution < -0.4 is 9.64 Å². The molecule has 0 saturated carbocycles. The third-order valence-electron chi connectivity index (χ3n) is 5.89. The molecule has 1 aliphatic heterocycles. The van der Waals surface area contributed by atoms with Crippen molar-refractivity contribution in [2.45, 2.75) is 16.1 Å². The summed E-state index contributed by atoms with van der Waals surface area (Å²) < 4.78 is 18.9. The van der Waals surface area contributed by atoms with Crippen molar-refractivity contribution in [1.82, 2.24) is 10.2 Å². The second kappa shape index (κ2) is 10.6. The van der Waals surface area contributed by atoms with Crippen molar-refractivity contribution in [3.05, 3.63) is 101 Å². The van der Waals surface area contributed by atoms with Crippen LogP contribution in [0.25, 0.3) is 5.76 Å². The number of carbonyl (C=O) groups excluding carboxylic acids is 2. The summed E-state index contributed by atoms with van der Waals surface area (Å²) in [4.78, 5) is 27.8. The standard InChI is InChI=1S/C27H20FN3O5S2/c1-36-20-12-6-17(7-13-20)23(33)21-22(16-4-10-19(32)11-5-16)31(25(35)24(21)34)26-29-30-27(38-26)37-14-15-2-8-18(28)9-3-15/h2-13,22,32-33H,14H2,1H3/b23-21-. The Morgan fingerprint density at radius 3 is 2.37 bits per heavy atom. The first-order chi connectivity index (χ1) is 18.4. The largest absolute Gasteiger partial charge is 0.508 e. The van der Waals surface area contributed by atoms with E-state index in [-0.39, 0.29) is 28.0 Å². The quantitative estimate of drug-likeness (QED) is 0.105. The van der Waals surface area contributed by atoms with Gasteiger partial charge in [0.1, 0.15) is 23.1 Å². The molecule has 1 amide bonds. The SMILES string of the molecule is COc1ccc(/C(O)=C2/C(=O)C(=O)N(c3nnc(SCc4ccc(F)cc4)s3)C2c2ccc(O)cc2)cc1. The maximum Gasteiger partial charge on any atom is 0.301 e. The third-order valence-corrected chi connectivity index (χ3v) is 8.02. The highest BCUT2D eigenvalue weighted by atomic mass is 32.2. The minimum absolute atomic E-state index is 0.0104. The predicted molar refractivity (Wildman–Crippen MR) is 142 cm³/mol. The lowest BCUT2D eigenvalue weighted by Crippen LogP contribution is -2.29. The molecular weight excluding hydrogens is 529 g/mol. The summed E-state index contributed by atoms with van der Waals surface area (Å²) in [5, 5.41) is 29.5. The van der Waals surface area contributed by atoms with E-state index in [9.17, 15) is 24.2 Å². The Balaban J connectivity index is 1.52. The highest BCUT2D eigenvalue weighted by molar-refractivity contribution is 8.00. The van der Waals surface area contributed by atoms with Crippen molar-refractivity contribution >= 4 is 45.7 Å². The number of anilines is 1. The molecule has 1 atom stereocenters. The number of amides is 1. The van der Waals surface area contributed by atoms with Gasteiger partial charge < -0.3 is 14.9 Å². The van der Waals surface area contributed by atoms with E-state index in [0.29, 0.717) is 27.0 Å². The number of rotatable bonds is 7. The van der Waals surface area contributed by atoms with Crippen LogP contribution in [0.5, 0.6) is 11.5 Å². The molecule has 1 fully saturated rings. The molecule has 11 heteroatoms. The molecule has 1 aromatic heterocycles. The van der Waals surface area contributed by atoms with Crippen molar-refractivity contribution < 1.29 is 28.9 Å². The molecule has 2 heterocycles. The Bertz CT molecular complexity index is 1520. The number of nitrogens with zero attached hydrogens (tertiary/aromatic N) is 3. The fraction of sp³-hybridized carbons (Fsp3) is 0.111. The molecule has 0 spiro atoms. The first kappa shape index (κ1) is 25.4. The van der Waals surface area contributed by atoms with Gasteiger partial charge in [-0.1, -0.05) is 47.4 Å². The maximum absolute atomic E-state index is 13.3. The van der Waals surface area contributed by atoms with Gasteiger partial charge in [0, 0.05) is 11.3 Å². The fourth-order valence-electron chi connectivity index (χ4n) is 3.99. The monoisotopic (exact) mass is 549 g/mol. The summed E-state index contributed by atoms with van der Waals surface area (Å²) in [7, 11) is 1.51. The van der Waals surface area contributed by atoms with E-state index in [2.05, 4.69) is 10.2 Å². The van der Waals surface area contributed by atoms with E-state index in [4.69, 9.17) is 4.74 Å². The molecule has 0 bridgehead atoms. The minimum atomic E-state index is -0.999. The zero-order chi connectivity index (χ0) is 26.8. The smallest absolute Gasteiger partial charge is 0.301 e. The van der Waals surface area contributed by atoms with Crippen LogP contribution in [0.15, 0.2) is 82.7 Å². The Morgan fingerprint density at radius 2 is 1.71 bits per heavy atom. The fourth-order valence-corrected chi connectivity index (χ4v) is 5.81. The summed E-state index contributed by atoms with van der Waals surface area (Å²) in [5.74, 6) is -1.31. The third kappa shape index (κ3) is 4.98. The van der Waals surface area contributed by atoms with Crippen LogP contribution in [0.4, 0.5) is 9.52 Å². The number of phenolic OH excluding ortho intramolecular Hbond substituents is 1. The number of aromatic hydroxyl groups is 1. The van der Waals surface area contributed by atoms with E-state index < -0.39 is 17.7 Å². The number of aliphatic hydroxyl groups is 1. The van der Waals surface area contributed by atoms with Crippen molar-refractivity contribution in [1.29, 1.82) is 0 Å². The molecule has 8 nitrogen and oxygen atoms in total. The predicted octanol–water partition coefficient (Wildman–Crippen LogP) is 5.31. The first-order valence-corrected chi connectivity index (χ1v) is 13.1. The summed E-state index contributed by atoms with van der Waals surface area (Å²) in [6.45, 7) is 0. The van der Waals surface area contributed by atoms with Crippen molar-refractivity contribution in [2.24, 2.45) is 0 Å². The Hall–Kier alpha value is -4.22. The van der Waals surface area contributed by atoms with Crippen LogP contribution in [0, 0.1) is 5.82 Å². The van der Waals surface area contributed by atoms with Crippen LogP contribution >= 0.6 is 23.1 Å².